The number of hydrogen-bond acceptors (Lipinski definition) is 3. The van der Waals surface area contributed by atoms with Crippen LogP contribution in [0.15, 0.2) is 12.1 Å². The van der Waals surface area contributed by atoms with Crippen molar-refractivity contribution in [2.45, 2.75) is 12.8 Å². The lowest BCUT2D eigenvalue weighted by atomic mass is 10.1. The lowest BCUT2D eigenvalue weighted by Gasteiger charge is -2.05. The fourth-order valence-electron chi connectivity index (χ4n) is 1.07. The van der Waals surface area contributed by atoms with Crippen LogP contribution in [0.3, 0.4) is 0 Å². The van der Waals surface area contributed by atoms with Crippen molar-refractivity contribution in [1.82, 2.24) is 0 Å². The monoisotopic (exact) mass is 200 g/mol. The van der Waals surface area contributed by atoms with Crippen LogP contribution >= 0.6 is 0 Å². The van der Waals surface area contributed by atoms with Gasteiger partial charge in [-0.05, 0) is 18.6 Å². The Bertz CT molecular complexity index is 362. The van der Waals surface area contributed by atoms with E-state index in [1.807, 2.05) is 0 Å². The van der Waals surface area contributed by atoms with Crippen molar-refractivity contribution in [3.63, 3.8) is 0 Å². The molecule has 1 rings (SSSR count). The summed E-state index contributed by atoms with van der Waals surface area (Å²) >= 11 is 0. The zero-order valence-electron chi connectivity index (χ0n) is 7.20. The maximum absolute atomic E-state index is 13.1. The molecule has 0 bridgehead atoms. The molecule has 0 spiro atoms. The van der Waals surface area contributed by atoms with E-state index in [1.54, 1.807) is 0 Å². The van der Waals surface area contributed by atoms with E-state index in [1.165, 1.54) is 0 Å². The zero-order valence-corrected chi connectivity index (χ0v) is 7.20. The molecular formula is C9H9FO4. The van der Waals surface area contributed by atoms with Crippen LogP contribution in [0.25, 0.3) is 0 Å². The van der Waals surface area contributed by atoms with E-state index in [0.717, 1.165) is 12.1 Å². The molecule has 76 valence electrons. The molecule has 1 aromatic rings. The lowest BCUT2D eigenvalue weighted by molar-refractivity contribution is -0.136. The molecule has 0 aliphatic carbocycles. The number of phenols is 2. The minimum atomic E-state index is -1.09. The number of hydrogen-bond donors (Lipinski definition) is 3. The third-order valence-corrected chi connectivity index (χ3v) is 1.79. The Morgan fingerprint density at radius 3 is 2.43 bits per heavy atom. The number of aromatic hydroxyl groups is 2. The number of carboxylic acids is 1. The van der Waals surface area contributed by atoms with Gasteiger partial charge in [-0.1, -0.05) is 0 Å². The largest absolute Gasteiger partial charge is 0.508 e. The van der Waals surface area contributed by atoms with Gasteiger partial charge in [-0.25, -0.2) is 4.39 Å². The average molecular weight is 200 g/mol. The molecule has 0 aliphatic heterocycles. The second kappa shape index (κ2) is 3.95. The highest BCUT2D eigenvalue weighted by molar-refractivity contribution is 5.67. The van der Waals surface area contributed by atoms with Crippen molar-refractivity contribution in [3.05, 3.63) is 23.5 Å². The summed E-state index contributed by atoms with van der Waals surface area (Å²) < 4.78 is 13.1. The lowest BCUT2D eigenvalue weighted by Crippen LogP contribution is -1.99. The highest BCUT2D eigenvalue weighted by atomic mass is 19.1. The number of carbonyl (C=O) groups is 1. The third-order valence-electron chi connectivity index (χ3n) is 1.79. The van der Waals surface area contributed by atoms with Gasteiger partial charge in [-0.15, -0.1) is 0 Å². The molecule has 0 fully saturated rings. The molecule has 0 saturated heterocycles. The molecule has 1 aromatic carbocycles. The van der Waals surface area contributed by atoms with Crippen LogP contribution in [0, 0.1) is 5.82 Å². The van der Waals surface area contributed by atoms with E-state index < -0.39 is 17.5 Å². The molecule has 0 saturated carbocycles. The Morgan fingerprint density at radius 1 is 1.29 bits per heavy atom. The first-order valence-electron chi connectivity index (χ1n) is 3.93. The van der Waals surface area contributed by atoms with Gasteiger partial charge >= 0.3 is 5.97 Å². The average Bonchev–Trinajstić information content (AvgIpc) is 2.11. The highest BCUT2D eigenvalue weighted by Crippen LogP contribution is 2.28. The summed E-state index contributed by atoms with van der Waals surface area (Å²) in [7, 11) is 0. The Hall–Kier alpha value is -1.78. The number of rotatable bonds is 3. The summed E-state index contributed by atoms with van der Waals surface area (Å²) in [5.41, 5.74) is -0.174. The maximum atomic E-state index is 13.1. The van der Waals surface area contributed by atoms with Gasteiger partial charge in [0.2, 0.25) is 0 Å². The van der Waals surface area contributed by atoms with Crippen molar-refractivity contribution in [3.8, 4) is 11.5 Å². The quantitative estimate of drug-likeness (QED) is 0.642. The zero-order chi connectivity index (χ0) is 10.7. The predicted molar refractivity (Wildman–Crippen MR) is 45.7 cm³/mol. The Kier molecular flexibility index (Phi) is 2.91. The van der Waals surface area contributed by atoms with Crippen LogP contribution in [0.4, 0.5) is 4.39 Å². The van der Waals surface area contributed by atoms with Crippen molar-refractivity contribution in [2.24, 2.45) is 0 Å². The van der Waals surface area contributed by atoms with Crippen molar-refractivity contribution in [2.75, 3.05) is 0 Å². The van der Waals surface area contributed by atoms with Crippen LogP contribution in [0.1, 0.15) is 12.0 Å². The van der Waals surface area contributed by atoms with Crippen LogP contribution < -0.4 is 0 Å². The molecule has 4 nitrogen and oxygen atoms in total. The molecule has 0 heterocycles. The summed E-state index contributed by atoms with van der Waals surface area (Å²) in [4.78, 5) is 10.2. The fraction of sp³-hybridized carbons (Fsp3) is 0.222. The first-order valence-corrected chi connectivity index (χ1v) is 3.93. The van der Waals surface area contributed by atoms with Crippen molar-refractivity contribution in [1.29, 1.82) is 0 Å². The third kappa shape index (κ3) is 2.12. The van der Waals surface area contributed by atoms with E-state index in [4.69, 9.17) is 10.2 Å². The summed E-state index contributed by atoms with van der Waals surface area (Å²) in [6, 6.07) is 2.13. The molecule has 5 heteroatoms. The molecule has 0 aliphatic rings. The van der Waals surface area contributed by atoms with Gasteiger partial charge in [0, 0.05) is 12.0 Å². The summed E-state index contributed by atoms with van der Waals surface area (Å²) in [5.74, 6) is -3.00. The van der Waals surface area contributed by atoms with Crippen LogP contribution in [0.5, 0.6) is 11.5 Å². The summed E-state index contributed by atoms with van der Waals surface area (Å²) in [6.07, 6.45) is -0.449. The number of phenolic OH excluding ortho intramolecular Hbond substituents is 2. The van der Waals surface area contributed by atoms with E-state index in [0.29, 0.717) is 0 Å². The first kappa shape index (κ1) is 10.3. The minimum absolute atomic E-state index is 0.151. The number of halogens is 1. The van der Waals surface area contributed by atoms with Gasteiger partial charge in [-0.2, -0.15) is 0 Å². The van der Waals surface area contributed by atoms with Gasteiger partial charge in [0.15, 0.2) is 11.6 Å². The molecule has 0 unspecified atom stereocenters. The van der Waals surface area contributed by atoms with Crippen molar-refractivity contribution >= 4 is 5.97 Å². The molecule has 3 N–H and O–H groups in total. The van der Waals surface area contributed by atoms with E-state index in [-0.39, 0.29) is 24.2 Å². The number of aliphatic carboxylic acids is 1. The minimum Gasteiger partial charge on any atom is -0.508 e. The van der Waals surface area contributed by atoms with Crippen LogP contribution in [-0.4, -0.2) is 21.3 Å². The van der Waals surface area contributed by atoms with Gasteiger partial charge < -0.3 is 15.3 Å². The van der Waals surface area contributed by atoms with Gasteiger partial charge in [0.05, 0.1) is 0 Å². The smallest absolute Gasteiger partial charge is 0.303 e. The maximum Gasteiger partial charge on any atom is 0.303 e. The predicted octanol–water partition coefficient (Wildman–Crippen LogP) is 1.25. The molecule has 0 amide bonds. The normalized spacial score (nSPS) is 10.1. The SMILES string of the molecule is O=C(O)CCc1c(O)ccc(O)c1F. The fourth-order valence-corrected chi connectivity index (χ4v) is 1.07. The molecule has 0 atom stereocenters. The molecule has 0 radical (unpaired) electrons. The van der Waals surface area contributed by atoms with Crippen LogP contribution in [0.2, 0.25) is 0 Å². The first-order chi connectivity index (χ1) is 6.52. The standard InChI is InChI=1S/C9H9FO4/c10-9-5(1-4-8(13)14)6(11)2-3-7(9)12/h2-3,11-12H,1,4H2,(H,13,14). The van der Waals surface area contributed by atoms with Crippen molar-refractivity contribution < 1.29 is 24.5 Å². The highest BCUT2D eigenvalue weighted by Gasteiger charge is 2.13. The number of carboxylic acid groups (broad SMARTS) is 1. The number of benzene rings is 1. The van der Waals surface area contributed by atoms with E-state index in [2.05, 4.69) is 0 Å². The van der Waals surface area contributed by atoms with E-state index >= 15 is 0 Å². The van der Waals surface area contributed by atoms with Gasteiger partial charge in [0.1, 0.15) is 5.75 Å². The molecule has 0 aromatic heterocycles. The Balaban J connectivity index is 2.95. The van der Waals surface area contributed by atoms with Crippen LogP contribution in [-0.2, 0) is 11.2 Å². The Morgan fingerprint density at radius 2 is 1.86 bits per heavy atom. The summed E-state index contributed by atoms with van der Waals surface area (Å²) in [5, 5.41) is 26.5. The second-order valence-electron chi connectivity index (χ2n) is 2.79. The summed E-state index contributed by atoms with van der Waals surface area (Å²) in [6.45, 7) is 0. The van der Waals surface area contributed by atoms with Gasteiger partial charge in [-0.3, -0.25) is 4.79 Å². The second-order valence-corrected chi connectivity index (χ2v) is 2.79. The topological polar surface area (TPSA) is 77.8 Å². The molecule has 14 heavy (non-hydrogen) atoms. The molecular weight excluding hydrogens is 191 g/mol. The Labute approximate surface area is 79.2 Å². The van der Waals surface area contributed by atoms with Gasteiger partial charge in [0.25, 0.3) is 0 Å². The van der Waals surface area contributed by atoms with E-state index in [9.17, 15) is 14.3 Å².